The van der Waals surface area contributed by atoms with Gasteiger partial charge in [-0.25, -0.2) is 0 Å². The summed E-state index contributed by atoms with van der Waals surface area (Å²) in [6, 6.07) is 5.56. The number of thiol groups is 1. The first-order valence-corrected chi connectivity index (χ1v) is 14.7. The van der Waals surface area contributed by atoms with E-state index in [0.29, 0.717) is 27.4 Å². The van der Waals surface area contributed by atoms with E-state index in [1.54, 1.807) is 13.3 Å². The van der Waals surface area contributed by atoms with Crippen molar-refractivity contribution in [1.29, 1.82) is 0 Å². The van der Waals surface area contributed by atoms with Gasteiger partial charge in [-0.15, -0.1) is 0 Å². The molecule has 1 aromatic rings. The first kappa shape index (κ1) is 35.5. The second-order valence-electron chi connectivity index (χ2n) is 9.34. The third kappa shape index (κ3) is 11.1. The molecule has 1 spiro atoms. The normalized spacial score (nSPS) is 22.2. The lowest BCUT2D eigenvalue weighted by molar-refractivity contribution is 0.116. The lowest BCUT2D eigenvalue weighted by Crippen LogP contribution is -2.57. The molecule has 2 atom stereocenters. The molecule has 2 fully saturated rings. The number of hydrogen-bond donors (Lipinski definition) is 2. The minimum absolute atomic E-state index is 0.0785. The molecule has 214 valence electrons. The zero-order valence-electron chi connectivity index (χ0n) is 24.0. The van der Waals surface area contributed by atoms with Crippen LogP contribution in [-0.4, -0.2) is 92.8 Å². The van der Waals surface area contributed by atoms with Crippen LogP contribution in [0.3, 0.4) is 0 Å². The number of allylic oxidation sites excluding steroid dienone is 2. The maximum Gasteiger partial charge on any atom is 0.134 e. The number of piperazine rings is 1. The quantitative estimate of drug-likeness (QED) is 0.142. The smallest absolute Gasteiger partial charge is 0.134 e. The van der Waals surface area contributed by atoms with Gasteiger partial charge in [0.05, 0.1) is 27.8 Å². The van der Waals surface area contributed by atoms with Gasteiger partial charge in [-0.05, 0) is 50.5 Å². The largest absolute Gasteiger partial charge is 0.400 e. The number of halogens is 2. The summed E-state index contributed by atoms with van der Waals surface area (Å²) in [6.45, 7) is 12.9. The van der Waals surface area contributed by atoms with Gasteiger partial charge in [0.25, 0.3) is 0 Å². The van der Waals surface area contributed by atoms with Crippen LogP contribution in [-0.2, 0) is 0 Å². The van der Waals surface area contributed by atoms with Crippen LogP contribution >= 0.6 is 35.8 Å². The molecule has 39 heavy (non-hydrogen) atoms. The SMILES string of the molecule is CC.CC1C=CC(S)CC1.CO.[B]C(/C=N\CN1CCN(C(=NC)c2c(Cl)cccc2Cl)C2(CC2)C1)=C/N=C. The van der Waals surface area contributed by atoms with Crippen molar-refractivity contribution in [1.82, 2.24) is 9.80 Å². The van der Waals surface area contributed by atoms with Crippen LogP contribution in [0, 0.1) is 5.92 Å². The van der Waals surface area contributed by atoms with Crippen molar-refractivity contribution in [3.05, 3.63) is 57.6 Å². The molecule has 3 aliphatic rings. The van der Waals surface area contributed by atoms with E-state index in [1.807, 2.05) is 32.0 Å². The van der Waals surface area contributed by atoms with E-state index in [-0.39, 0.29) is 5.54 Å². The fourth-order valence-electron chi connectivity index (χ4n) is 4.51. The summed E-state index contributed by atoms with van der Waals surface area (Å²) in [6.07, 6.45) is 12.4. The van der Waals surface area contributed by atoms with E-state index in [4.69, 9.17) is 36.2 Å². The van der Waals surface area contributed by atoms with Crippen molar-refractivity contribution >= 4 is 62.4 Å². The molecular formula is C29H44BCl2N5OS. The van der Waals surface area contributed by atoms with E-state index >= 15 is 0 Å². The highest BCUT2D eigenvalue weighted by Gasteiger charge is 2.52. The molecule has 1 saturated heterocycles. The summed E-state index contributed by atoms with van der Waals surface area (Å²) in [7, 11) is 8.54. The van der Waals surface area contributed by atoms with E-state index in [0.717, 1.165) is 56.9 Å². The number of benzene rings is 1. The fraction of sp³-hybridized carbons (Fsp3) is 0.552. The average molecular weight is 592 g/mol. The summed E-state index contributed by atoms with van der Waals surface area (Å²) < 4.78 is 0. The Morgan fingerprint density at radius 3 is 2.31 bits per heavy atom. The second kappa shape index (κ2) is 18.7. The highest BCUT2D eigenvalue weighted by Crippen LogP contribution is 2.45. The van der Waals surface area contributed by atoms with Gasteiger partial charge in [0, 0.05) is 51.5 Å². The first-order chi connectivity index (χ1) is 18.8. The number of amidine groups is 1. The monoisotopic (exact) mass is 591 g/mol. The van der Waals surface area contributed by atoms with E-state index in [2.05, 4.69) is 63.2 Å². The Labute approximate surface area is 252 Å². The minimum Gasteiger partial charge on any atom is -0.400 e. The highest BCUT2D eigenvalue weighted by molar-refractivity contribution is 7.81. The zero-order chi connectivity index (χ0) is 29.4. The van der Waals surface area contributed by atoms with E-state index < -0.39 is 0 Å². The Morgan fingerprint density at radius 2 is 1.82 bits per heavy atom. The standard InChI is InChI=1S/C19H22BCl2N5.C7H12S.C2H6.CH4O/c1-23-10-14(20)11-25-13-26-8-9-27(19(12-26)6-7-19)18(24-2)17-15(21)4-3-5-16(17)22;1-6-2-4-7(8)5-3-6;2*1-2/h3-5,10-11H,1,6-9,12-13H2,2H3;2,4,6-8H,3,5H2,1H3;1-2H3;2H,1H3/b14-10+,24-18?,25-11-;;;. The van der Waals surface area contributed by atoms with Gasteiger partial charge in [-0.2, -0.15) is 12.6 Å². The molecule has 1 heterocycles. The predicted molar refractivity (Wildman–Crippen MR) is 176 cm³/mol. The van der Waals surface area contributed by atoms with Crippen LogP contribution in [0.15, 0.2) is 57.0 Å². The summed E-state index contributed by atoms with van der Waals surface area (Å²) in [5, 5.41) is 8.79. The van der Waals surface area contributed by atoms with Crippen LogP contribution in [0.5, 0.6) is 0 Å². The molecule has 0 aromatic heterocycles. The third-order valence-corrected chi connectivity index (χ3v) is 7.61. The molecule has 2 aliphatic carbocycles. The van der Waals surface area contributed by atoms with Crippen LogP contribution in [0.4, 0.5) is 0 Å². The summed E-state index contributed by atoms with van der Waals surface area (Å²) >= 11 is 17.2. The molecule has 0 amide bonds. The molecule has 0 bridgehead atoms. The van der Waals surface area contributed by atoms with Crippen molar-refractivity contribution in [2.75, 3.05) is 40.5 Å². The Balaban J connectivity index is 0.000000532. The molecule has 6 nitrogen and oxygen atoms in total. The van der Waals surface area contributed by atoms with Crippen LogP contribution < -0.4 is 0 Å². The average Bonchev–Trinajstić information content (AvgIpc) is 3.70. The molecule has 1 aromatic carbocycles. The maximum absolute atomic E-state index is 7.00. The molecule has 2 unspecified atom stereocenters. The van der Waals surface area contributed by atoms with Crippen LogP contribution in [0.1, 0.15) is 52.0 Å². The molecule has 1 N–H and O–H groups in total. The predicted octanol–water partition coefficient (Wildman–Crippen LogP) is 6.16. The Bertz CT molecular complexity index is 981. The lowest BCUT2D eigenvalue weighted by Gasteiger charge is -2.43. The third-order valence-electron chi connectivity index (χ3n) is 6.55. The van der Waals surface area contributed by atoms with Crippen LogP contribution in [0.2, 0.25) is 10.0 Å². The van der Waals surface area contributed by atoms with Gasteiger partial charge in [0.15, 0.2) is 0 Å². The molecule has 2 radical (unpaired) electrons. The number of aliphatic imine (C=N–C) groups is 3. The van der Waals surface area contributed by atoms with Gasteiger partial charge in [0.2, 0.25) is 0 Å². The molecular weight excluding hydrogens is 548 g/mol. The van der Waals surface area contributed by atoms with Gasteiger partial charge in [-0.1, -0.05) is 67.7 Å². The number of nitrogens with zero attached hydrogens (tertiary/aromatic N) is 5. The van der Waals surface area contributed by atoms with Crippen molar-refractivity contribution in [3.8, 4) is 0 Å². The highest BCUT2D eigenvalue weighted by atomic mass is 35.5. The van der Waals surface area contributed by atoms with Crippen LogP contribution in [0.25, 0.3) is 0 Å². The van der Waals surface area contributed by atoms with Crippen molar-refractivity contribution in [3.63, 3.8) is 0 Å². The Hall–Kier alpha value is -1.58. The second-order valence-corrected chi connectivity index (χ2v) is 10.8. The number of hydrogen-bond acceptors (Lipinski definition) is 6. The van der Waals surface area contributed by atoms with Gasteiger partial charge < -0.3 is 10.0 Å². The number of aliphatic hydroxyl groups excluding tert-OH is 1. The Kier molecular flexibility index (Phi) is 17.0. The zero-order valence-corrected chi connectivity index (χ0v) is 26.4. The molecule has 10 heteroatoms. The summed E-state index contributed by atoms with van der Waals surface area (Å²) in [5.41, 5.74) is 1.39. The van der Waals surface area contributed by atoms with Crippen molar-refractivity contribution in [2.24, 2.45) is 20.9 Å². The number of aliphatic hydroxyl groups is 1. The van der Waals surface area contributed by atoms with Crippen molar-refractivity contribution < 1.29 is 5.11 Å². The minimum atomic E-state index is 0.0785. The van der Waals surface area contributed by atoms with Gasteiger partial charge >= 0.3 is 0 Å². The first-order valence-electron chi connectivity index (χ1n) is 13.4. The topological polar surface area (TPSA) is 63.8 Å². The number of rotatable bonds is 5. The molecule has 1 aliphatic heterocycles. The lowest BCUT2D eigenvalue weighted by atomic mass is 9.98. The molecule has 4 rings (SSSR count). The Morgan fingerprint density at radius 1 is 1.18 bits per heavy atom. The fourth-order valence-corrected chi connectivity index (χ4v) is 5.32. The van der Waals surface area contributed by atoms with Crippen molar-refractivity contribution in [2.45, 2.75) is 57.2 Å². The summed E-state index contributed by atoms with van der Waals surface area (Å²) in [4.78, 5) is 17.3. The van der Waals surface area contributed by atoms with Gasteiger partial charge in [-0.3, -0.25) is 19.9 Å². The van der Waals surface area contributed by atoms with E-state index in [1.165, 1.54) is 19.0 Å². The van der Waals surface area contributed by atoms with Gasteiger partial charge in [0.1, 0.15) is 13.7 Å². The maximum atomic E-state index is 7.00. The van der Waals surface area contributed by atoms with E-state index in [9.17, 15) is 0 Å². The summed E-state index contributed by atoms with van der Waals surface area (Å²) in [5.74, 6) is 1.66. The molecule has 1 saturated carbocycles.